The molecular formula is C20H16N4O. The van der Waals surface area contributed by atoms with Gasteiger partial charge in [0, 0.05) is 11.3 Å². The minimum atomic E-state index is -0.140. The molecule has 0 fully saturated rings. The van der Waals surface area contributed by atoms with Crippen LogP contribution >= 0.6 is 0 Å². The van der Waals surface area contributed by atoms with E-state index in [1.807, 2.05) is 78.9 Å². The van der Waals surface area contributed by atoms with E-state index in [0.717, 1.165) is 27.8 Å². The fraction of sp³-hybridized carbons (Fsp3) is 0.0500. The molecule has 0 saturated carbocycles. The Morgan fingerprint density at radius 3 is 2.48 bits per heavy atom. The fourth-order valence-electron chi connectivity index (χ4n) is 2.82. The highest BCUT2D eigenvalue weighted by atomic mass is 16.2. The maximum atomic E-state index is 12.5. The second kappa shape index (κ2) is 6.57. The number of nitrogens with one attached hydrogen (secondary N) is 1. The molecule has 0 aliphatic carbocycles. The van der Waals surface area contributed by atoms with Gasteiger partial charge in [-0.25, -0.2) is 4.68 Å². The number of amides is 1. The van der Waals surface area contributed by atoms with Gasteiger partial charge in [0.15, 0.2) is 0 Å². The van der Waals surface area contributed by atoms with Crippen LogP contribution in [0.25, 0.3) is 22.2 Å². The summed E-state index contributed by atoms with van der Waals surface area (Å²) in [6.07, 6.45) is 0. The van der Waals surface area contributed by atoms with E-state index >= 15 is 0 Å². The van der Waals surface area contributed by atoms with Crippen LogP contribution in [0.1, 0.15) is 0 Å². The van der Waals surface area contributed by atoms with Crippen molar-refractivity contribution < 1.29 is 4.79 Å². The number of rotatable bonds is 4. The molecular weight excluding hydrogens is 312 g/mol. The Balaban J connectivity index is 1.58. The molecule has 0 radical (unpaired) electrons. The summed E-state index contributed by atoms with van der Waals surface area (Å²) in [5, 5.41) is 11.1. The van der Waals surface area contributed by atoms with Crippen molar-refractivity contribution in [1.29, 1.82) is 0 Å². The van der Waals surface area contributed by atoms with Gasteiger partial charge in [-0.1, -0.05) is 65.9 Å². The summed E-state index contributed by atoms with van der Waals surface area (Å²) < 4.78 is 1.61. The molecule has 1 amide bonds. The van der Waals surface area contributed by atoms with Gasteiger partial charge in [0.25, 0.3) is 0 Å². The molecule has 3 aromatic carbocycles. The van der Waals surface area contributed by atoms with Crippen molar-refractivity contribution in [1.82, 2.24) is 15.0 Å². The standard InChI is InChI=1S/C20H16N4O/c25-20(14-24-19-13-7-6-12-18(19)22-23-24)21-17-11-5-4-10-16(17)15-8-2-1-3-9-15/h1-13H,14H2,(H,21,25). The number of carbonyl (C=O) groups excluding carboxylic acids is 1. The number of nitrogens with zero attached hydrogens (tertiary/aromatic N) is 3. The number of fused-ring (bicyclic) bond motifs is 1. The molecule has 1 aromatic heterocycles. The number of hydrogen-bond acceptors (Lipinski definition) is 3. The highest BCUT2D eigenvalue weighted by Crippen LogP contribution is 2.27. The Morgan fingerprint density at radius 2 is 1.60 bits per heavy atom. The topological polar surface area (TPSA) is 59.8 Å². The number of hydrogen-bond donors (Lipinski definition) is 1. The second-order valence-corrected chi connectivity index (χ2v) is 5.70. The predicted octanol–water partition coefficient (Wildman–Crippen LogP) is 3.74. The molecule has 0 bridgehead atoms. The Bertz CT molecular complexity index is 1020. The van der Waals surface area contributed by atoms with Crippen LogP contribution in [0.2, 0.25) is 0 Å². The van der Waals surface area contributed by atoms with E-state index in [2.05, 4.69) is 15.6 Å². The van der Waals surface area contributed by atoms with Gasteiger partial charge in [-0.05, 0) is 23.8 Å². The molecule has 122 valence electrons. The van der Waals surface area contributed by atoms with Crippen LogP contribution in [0.15, 0.2) is 78.9 Å². The van der Waals surface area contributed by atoms with Gasteiger partial charge in [-0.15, -0.1) is 5.10 Å². The summed E-state index contributed by atoms with van der Waals surface area (Å²) in [4.78, 5) is 12.5. The van der Waals surface area contributed by atoms with Crippen molar-refractivity contribution in [3.63, 3.8) is 0 Å². The summed E-state index contributed by atoms with van der Waals surface area (Å²) in [6.45, 7) is 0.115. The van der Waals surface area contributed by atoms with Gasteiger partial charge < -0.3 is 5.32 Å². The average Bonchev–Trinajstić information content (AvgIpc) is 3.06. The predicted molar refractivity (Wildman–Crippen MR) is 98.0 cm³/mol. The Labute approximate surface area is 144 Å². The first-order valence-electron chi connectivity index (χ1n) is 8.04. The minimum absolute atomic E-state index is 0.115. The first-order valence-corrected chi connectivity index (χ1v) is 8.04. The molecule has 5 heteroatoms. The lowest BCUT2D eigenvalue weighted by Crippen LogP contribution is -2.20. The number of para-hydroxylation sites is 2. The van der Waals surface area contributed by atoms with Gasteiger partial charge in [-0.3, -0.25) is 4.79 Å². The Hall–Kier alpha value is -3.47. The first kappa shape index (κ1) is 15.1. The third-order valence-electron chi connectivity index (χ3n) is 4.00. The first-order chi connectivity index (χ1) is 12.3. The maximum absolute atomic E-state index is 12.5. The van der Waals surface area contributed by atoms with E-state index < -0.39 is 0 Å². The van der Waals surface area contributed by atoms with E-state index in [4.69, 9.17) is 0 Å². The van der Waals surface area contributed by atoms with E-state index in [9.17, 15) is 4.79 Å². The molecule has 1 heterocycles. The summed E-state index contributed by atoms with van der Waals surface area (Å²) in [5.41, 5.74) is 4.45. The monoisotopic (exact) mass is 328 g/mol. The van der Waals surface area contributed by atoms with Crippen LogP contribution < -0.4 is 5.32 Å². The third-order valence-corrected chi connectivity index (χ3v) is 4.00. The number of aromatic nitrogens is 3. The van der Waals surface area contributed by atoms with Crippen molar-refractivity contribution in [2.45, 2.75) is 6.54 Å². The normalized spacial score (nSPS) is 10.7. The molecule has 4 aromatic rings. The zero-order chi connectivity index (χ0) is 17.1. The fourth-order valence-corrected chi connectivity index (χ4v) is 2.82. The van der Waals surface area contributed by atoms with E-state index in [1.165, 1.54) is 0 Å². The zero-order valence-corrected chi connectivity index (χ0v) is 13.5. The highest BCUT2D eigenvalue weighted by Gasteiger charge is 2.11. The van der Waals surface area contributed by atoms with Crippen molar-refractivity contribution in [2.75, 3.05) is 5.32 Å². The van der Waals surface area contributed by atoms with Gasteiger partial charge >= 0.3 is 0 Å². The lowest BCUT2D eigenvalue weighted by molar-refractivity contribution is -0.116. The molecule has 0 aliphatic rings. The van der Waals surface area contributed by atoms with E-state index in [-0.39, 0.29) is 12.5 Å². The number of benzene rings is 3. The molecule has 25 heavy (non-hydrogen) atoms. The van der Waals surface area contributed by atoms with Crippen LogP contribution in [0, 0.1) is 0 Å². The van der Waals surface area contributed by atoms with Crippen LogP contribution in [0.3, 0.4) is 0 Å². The lowest BCUT2D eigenvalue weighted by atomic mass is 10.0. The quantitative estimate of drug-likeness (QED) is 0.621. The number of carbonyl (C=O) groups is 1. The smallest absolute Gasteiger partial charge is 0.246 e. The summed E-state index contributed by atoms with van der Waals surface area (Å²) in [6, 6.07) is 25.3. The van der Waals surface area contributed by atoms with Crippen LogP contribution in [-0.4, -0.2) is 20.9 Å². The van der Waals surface area contributed by atoms with Crippen molar-refractivity contribution >= 4 is 22.6 Å². The molecule has 0 saturated heterocycles. The van der Waals surface area contributed by atoms with Crippen molar-refractivity contribution in [3.05, 3.63) is 78.9 Å². The SMILES string of the molecule is O=C(Cn1nnc2ccccc21)Nc1ccccc1-c1ccccc1. The number of anilines is 1. The largest absolute Gasteiger partial charge is 0.324 e. The lowest BCUT2D eigenvalue weighted by Gasteiger charge is -2.11. The molecule has 0 unspecified atom stereocenters. The molecule has 4 rings (SSSR count). The maximum Gasteiger partial charge on any atom is 0.246 e. The van der Waals surface area contributed by atoms with Gasteiger partial charge in [0.05, 0.1) is 5.52 Å². The van der Waals surface area contributed by atoms with Crippen LogP contribution in [-0.2, 0) is 11.3 Å². The Morgan fingerprint density at radius 1 is 0.880 bits per heavy atom. The second-order valence-electron chi connectivity index (χ2n) is 5.70. The van der Waals surface area contributed by atoms with Crippen LogP contribution in [0.4, 0.5) is 5.69 Å². The van der Waals surface area contributed by atoms with Crippen LogP contribution in [0.5, 0.6) is 0 Å². The summed E-state index contributed by atoms with van der Waals surface area (Å²) >= 11 is 0. The highest BCUT2D eigenvalue weighted by molar-refractivity contribution is 5.95. The molecule has 0 atom stereocenters. The molecule has 0 spiro atoms. The van der Waals surface area contributed by atoms with Crippen molar-refractivity contribution in [2.24, 2.45) is 0 Å². The molecule has 1 N–H and O–H groups in total. The van der Waals surface area contributed by atoms with E-state index in [1.54, 1.807) is 4.68 Å². The molecule has 0 aliphatic heterocycles. The average molecular weight is 328 g/mol. The van der Waals surface area contributed by atoms with Crippen molar-refractivity contribution in [3.8, 4) is 11.1 Å². The minimum Gasteiger partial charge on any atom is -0.324 e. The van der Waals surface area contributed by atoms with Gasteiger partial charge in [0.2, 0.25) is 5.91 Å². The summed E-state index contributed by atoms with van der Waals surface area (Å²) in [7, 11) is 0. The van der Waals surface area contributed by atoms with Gasteiger partial charge in [0.1, 0.15) is 12.1 Å². The zero-order valence-electron chi connectivity index (χ0n) is 13.5. The molecule has 5 nitrogen and oxygen atoms in total. The van der Waals surface area contributed by atoms with E-state index in [0.29, 0.717) is 0 Å². The van der Waals surface area contributed by atoms with Gasteiger partial charge in [-0.2, -0.15) is 0 Å². The Kier molecular flexibility index (Phi) is 3.96. The summed E-state index contributed by atoms with van der Waals surface area (Å²) in [5.74, 6) is -0.140. The third kappa shape index (κ3) is 3.12.